The zero-order chi connectivity index (χ0) is 21.7. The molecule has 8 heteroatoms. The van der Waals surface area contributed by atoms with Gasteiger partial charge in [0.2, 0.25) is 10.0 Å². The van der Waals surface area contributed by atoms with Crippen LogP contribution in [-0.4, -0.2) is 76.2 Å². The number of piperazine rings is 1. The number of rotatable bonds is 6. The zero-order valence-electron chi connectivity index (χ0n) is 18.1. The van der Waals surface area contributed by atoms with Crippen LogP contribution < -0.4 is 9.62 Å². The number of guanidine groups is 1. The van der Waals surface area contributed by atoms with E-state index in [4.69, 9.17) is 0 Å². The molecule has 0 amide bonds. The lowest BCUT2D eigenvalue weighted by atomic mass is 10.2. The minimum absolute atomic E-state index is 0.0499. The van der Waals surface area contributed by atoms with Crippen molar-refractivity contribution in [2.24, 2.45) is 4.99 Å². The molecule has 0 aliphatic carbocycles. The molecule has 0 aromatic heterocycles. The SMILES string of the molecule is CN=C(NCCS(=O)(=O)N1CCc2ccccc21)N1CCN(Cc2ccccc2)CC1. The molecule has 2 aliphatic heterocycles. The fourth-order valence-corrected chi connectivity index (χ4v) is 5.72. The molecule has 31 heavy (non-hydrogen) atoms. The molecule has 1 N–H and O–H groups in total. The smallest absolute Gasteiger partial charge is 0.236 e. The Hall–Kier alpha value is -2.58. The third kappa shape index (κ3) is 5.19. The Morgan fingerprint density at radius 1 is 0.968 bits per heavy atom. The van der Waals surface area contributed by atoms with Crippen molar-refractivity contribution in [3.05, 3.63) is 65.7 Å². The van der Waals surface area contributed by atoms with Gasteiger partial charge in [0, 0.05) is 52.9 Å². The Balaban J connectivity index is 1.26. The van der Waals surface area contributed by atoms with Gasteiger partial charge in [-0.25, -0.2) is 8.42 Å². The molecule has 166 valence electrons. The van der Waals surface area contributed by atoms with Crippen LogP contribution in [-0.2, 0) is 23.0 Å². The number of hydrogen-bond acceptors (Lipinski definition) is 4. The van der Waals surface area contributed by atoms with E-state index in [0.717, 1.165) is 56.4 Å². The second-order valence-corrected chi connectivity index (χ2v) is 10.0. The van der Waals surface area contributed by atoms with Crippen LogP contribution in [0.15, 0.2) is 59.6 Å². The molecule has 2 heterocycles. The van der Waals surface area contributed by atoms with Gasteiger partial charge in [0.25, 0.3) is 0 Å². The maximum atomic E-state index is 12.9. The van der Waals surface area contributed by atoms with E-state index < -0.39 is 10.0 Å². The molecule has 0 spiro atoms. The molecule has 2 aromatic carbocycles. The van der Waals surface area contributed by atoms with E-state index in [-0.39, 0.29) is 5.75 Å². The molecule has 2 aromatic rings. The van der Waals surface area contributed by atoms with Gasteiger partial charge in [-0.2, -0.15) is 0 Å². The Bertz CT molecular complexity index is 1000. The van der Waals surface area contributed by atoms with Crippen LogP contribution >= 0.6 is 0 Å². The first-order valence-electron chi connectivity index (χ1n) is 10.9. The highest BCUT2D eigenvalue weighted by Crippen LogP contribution is 2.29. The van der Waals surface area contributed by atoms with Gasteiger partial charge in [-0.1, -0.05) is 48.5 Å². The fraction of sp³-hybridized carbons (Fsp3) is 0.435. The first kappa shape index (κ1) is 21.6. The van der Waals surface area contributed by atoms with Gasteiger partial charge in [-0.15, -0.1) is 0 Å². The summed E-state index contributed by atoms with van der Waals surface area (Å²) in [4.78, 5) is 9.02. The van der Waals surface area contributed by atoms with E-state index in [1.807, 2.05) is 30.3 Å². The van der Waals surface area contributed by atoms with Crippen molar-refractivity contribution >= 4 is 21.7 Å². The molecule has 0 bridgehead atoms. The van der Waals surface area contributed by atoms with Gasteiger partial charge in [-0.05, 0) is 23.6 Å². The largest absolute Gasteiger partial charge is 0.355 e. The lowest BCUT2D eigenvalue weighted by Gasteiger charge is -2.36. The number of anilines is 1. The molecule has 0 radical (unpaired) electrons. The van der Waals surface area contributed by atoms with Crippen molar-refractivity contribution in [3.63, 3.8) is 0 Å². The molecule has 4 rings (SSSR count). The highest BCUT2D eigenvalue weighted by atomic mass is 32.2. The van der Waals surface area contributed by atoms with Gasteiger partial charge in [0.1, 0.15) is 0 Å². The summed E-state index contributed by atoms with van der Waals surface area (Å²) >= 11 is 0. The highest BCUT2D eigenvalue weighted by Gasteiger charge is 2.29. The van der Waals surface area contributed by atoms with Crippen LogP contribution in [0.5, 0.6) is 0 Å². The standard InChI is InChI=1S/C23H31N5O2S/c1-24-23(27-16-14-26(15-17-27)19-20-7-3-2-4-8-20)25-12-18-31(29,30)28-13-11-21-9-5-6-10-22(21)28/h2-10H,11-19H2,1H3,(H,24,25). The molecule has 0 saturated carbocycles. The summed E-state index contributed by atoms with van der Waals surface area (Å²) in [5, 5.41) is 3.26. The predicted molar refractivity (Wildman–Crippen MR) is 126 cm³/mol. The number of sulfonamides is 1. The van der Waals surface area contributed by atoms with Gasteiger partial charge < -0.3 is 10.2 Å². The van der Waals surface area contributed by atoms with Gasteiger partial charge in [0.05, 0.1) is 11.4 Å². The summed E-state index contributed by atoms with van der Waals surface area (Å²) in [5.41, 5.74) is 3.25. The predicted octanol–water partition coefficient (Wildman–Crippen LogP) is 1.77. The molecule has 0 unspecified atom stereocenters. The average molecular weight is 442 g/mol. The van der Waals surface area contributed by atoms with Crippen molar-refractivity contribution < 1.29 is 8.42 Å². The first-order chi connectivity index (χ1) is 15.1. The molecule has 1 saturated heterocycles. The van der Waals surface area contributed by atoms with Crippen LogP contribution in [0.4, 0.5) is 5.69 Å². The van der Waals surface area contributed by atoms with E-state index in [9.17, 15) is 8.42 Å². The minimum Gasteiger partial charge on any atom is -0.355 e. The molecular formula is C23H31N5O2S. The van der Waals surface area contributed by atoms with E-state index in [1.54, 1.807) is 11.4 Å². The summed E-state index contributed by atoms with van der Waals surface area (Å²) in [6.45, 7) is 5.49. The Labute approximate surface area is 185 Å². The van der Waals surface area contributed by atoms with Gasteiger partial charge in [-0.3, -0.25) is 14.2 Å². The van der Waals surface area contributed by atoms with E-state index in [0.29, 0.717) is 13.1 Å². The van der Waals surface area contributed by atoms with E-state index in [2.05, 4.69) is 44.4 Å². The minimum atomic E-state index is -3.36. The van der Waals surface area contributed by atoms with Crippen molar-refractivity contribution in [3.8, 4) is 0 Å². The second-order valence-electron chi connectivity index (χ2n) is 7.99. The summed E-state index contributed by atoms with van der Waals surface area (Å²) in [6.07, 6.45) is 0.776. The average Bonchev–Trinajstić information content (AvgIpc) is 3.23. The first-order valence-corrected chi connectivity index (χ1v) is 12.5. The Morgan fingerprint density at radius 3 is 2.42 bits per heavy atom. The zero-order valence-corrected chi connectivity index (χ0v) is 18.9. The van der Waals surface area contributed by atoms with Crippen molar-refractivity contribution in [1.82, 2.24) is 15.1 Å². The number of hydrogen-bond donors (Lipinski definition) is 1. The van der Waals surface area contributed by atoms with E-state index >= 15 is 0 Å². The summed E-state index contributed by atoms with van der Waals surface area (Å²) in [5.74, 6) is 0.824. The highest BCUT2D eigenvalue weighted by molar-refractivity contribution is 7.92. The Kier molecular flexibility index (Phi) is 6.77. The third-order valence-corrected chi connectivity index (χ3v) is 7.73. The second kappa shape index (κ2) is 9.70. The quantitative estimate of drug-likeness (QED) is 0.547. The normalized spacial score (nSPS) is 17.6. The summed E-state index contributed by atoms with van der Waals surface area (Å²) in [7, 11) is -1.61. The molecule has 2 aliphatic rings. The van der Waals surface area contributed by atoms with Crippen LogP contribution in [0.2, 0.25) is 0 Å². The third-order valence-electron chi connectivity index (χ3n) is 5.96. The maximum Gasteiger partial charge on any atom is 0.236 e. The van der Waals surface area contributed by atoms with Gasteiger partial charge in [0.15, 0.2) is 5.96 Å². The number of fused-ring (bicyclic) bond motifs is 1. The fourth-order valence-electron chi connectivity index (χ4n) is 4.29. The summed E-state index contributed by atoms with van der Waals surface area (Å²) in [6, 6.07) is 18.3. The van der Waals surface area contributed by atoms with E-state index in [1.165, 1.54) is 5.56 Å². The van der Waals surface area contributed by atoms with Gasteiger partial charge >= 0.3 is 0 Å². The van der Waals surface area contributed by atoms with Crippen LogP contribution in [0.25, 0.3) is 0 Å². The number of aliphatic imine (C=N–C) groups is 1. The molecule has 1 fully saturated rings. The molecular weight excluding hydrogens is 410 g/mol. The van der Waals surface area contributed by atoms with Crippen molar-refractivity contribution in [2.75, 3.05) is 56.4 Å². The van der Waals surface area contributed by atoms with Crippen LogP contribution in [0, 0.1) is 0 Å². The lowest BCUT2D eigenvalue weighted by Crippen LogP contribution is -2.52. The Morgan fingerprint density at radius 2 is 1.68 bits per heavy atom. The maximum absolute atomic E-state index is 12.9. The van der Waals surface area contributed by atoms with Crippen LogP contribution in [0.1, 0.15) is 11.1 Å². The number of benzene rings is 2. The molecule has 7 nitrogen and oxygen atoms in total. The monoisotopic (exact) mass is 441 g/mol. The number of para-hydroxylation sites is 1. The summed E-state index contributed by atoms with van der Waals surface area (Å²) < 4.78 is 27.3. The van der Waals surface area contributed by atoms with Crippen molar-refractivity contribution in [2.45, 2.75) is 13.0 Å². The number of nitrogens with one attached hydrogen (secondary N) is 1. The van der Waals surface area contributed by atoms with Crippen molar-refractivity contribution in [1.29, 1.82) is 0 Å². The molecule has 0 atom stereocenters. The number of nitrogens with zero attached hydrogens (tertiary/aromatic N) is 4. The lowest BCUT2D eigenvalue weighted by molar-refractivity contribution is 0.172. The topological polar surface area (TPSA) is 68.2 Å². The van der Waals surface area contributed by atoms with Crippen LogP contribution in [0.3, 0.4) is 0 Å².